The smallest absolute Gasteiger partial charge is 0.266 e. The van der Waals surface area contributed by atoms with Crippen LogP contribution < -0.4 is 0 Å². The fourth-order valence-corrected chi connectivity index (χ4v) is 1.88. The van der Waals surface area contributed by atoms with Crippen molar-refractivity contribution in [3.05, 3.63) is 35.9 Å². The van der Waals surface area contributed by atoms with Crippen LogP contribution in [0.1, 0.15) is 18.9 Å². The van der Waals surface area contributed by atoms with Crippen LogP contribution in [0.4, 0.5) is 0 Å². The van der Waals surface area contributed by atoms with E-state index < -0.39 is 6.10 Å². The van der Waals surface area contributed by atoms with Crippen LogP contribution in [0.3, 0.4) is 0 Å². The Bertz CT molecular complexity index is 473. The van der Waals surface area contributed by atoms with Gasteiger partial charge in [0.1, 0.15) is 0 Å². The summed E-state index contributed by atoms with van der Waals surface area (Å²) in [4.78, 5) is 18.8. The van der Waals surface area contributed by atoms with Gasteiger partial charge in [0, 0.05) is 13.5 Å². The highest BCUT2D eigenvalue weighted by Crippen LogP contribution is 2.18. The van der Waals surface area contributed by atoms with E-state index in [9.17, 15) is 4.79 Å². The second-order valence-corrected chi connectivity index (χ2v) is 4.68. The highest BCUT2D eigenvalue weighted by atomic mass is 16.6. The SMILES string of the molecule is CC(CO)N(C)C(=O)C1CC(c2ccccc2)=NO1. The number of hydrogen-bond donors (Lipinski definition) is 1. The van der Waals surface area contributed by atoms with Crippen LogP contribution in [0.5, 0.6) is 0 Å². The van der Waals surface area contributed by atoms with Crippen molar-refractivity contribution in [1.82, 2.24) is 4.90 Å². The minimum absolute atomic E-state index is 0.0681. The topological polar surface area (TPSA) is 62.1 Å². The lowest BCUT2D eigenvalue weighted by atomic mass is 10.0. The van der Waals surface area contributed by atoms with Crippen LogP contribution in [-0.4, -0.2) is 47.4 Å². The van der Waals surface area contributed by atoms with E-state index >= 15 is 0 Å². The molecule has 0 bridgehead atoms. The maximum Gasteiger partial charge on any atom is 0.266 e. The van der Waals surface area contributed by atoms with Gasteiger partial charge in [0.05, 0.1) is 18.4 Å². The fraction of sp³-hybridized carbons (Fsp3) is 0.429. The number of nitrogens with zero attached hydrogens (tertiary/aromatic N) is 2. The predicted octanol–water partition coefficient (Wildman–Crippen LogP) is 1.02. The highest BCUT2D eigenvalue weighted by Gasteiger charge is 2.32. The molecule has 0 radical (unpaired) electrons. The quantitative estimate of drug-likeness (QED) is 0.881. The number of rotatable bonds is 4. The molecule has 5 nitrogen and oxygen atoms in total. The summed E-state index contributed by atoms with van der Waals surface area (Å²) in [5, 5.41) is 13.0. The lowest BCUT2D eigenvalue weighted by Gasteiger charge is -2.24. The molecular formula is C14H18N2O3. The Morgan fingerprint density at radius 3 is 2.84 bits per heavy atom. The standard InChI is InChI=1S/C14H18N2O3/c1-10(9-17)16(2)14(18)13-8-12(15-19-13)11-6-4-3-5-7-11/h3-7,10,13,17H,8-9H2,1-2H3. The highest BCUT2D eigenvalue weighted by molar-refractivity contribution is 6.04. The third-order valence-electron chi connectivity index (χ3n) is 3.32. The van der Waals surface area contributed by atoms with Gasteiger partial charge < -0.3 is 14.8 Å². The van der Waals surface area contributed by atoms with Crippen molar-refractivity contribution < 1.29 is 14.7 Å². The van der Waals surface area contributed by atoms with Gasteiger partial charge in [0.25, 0.3) is 5.91 Å². The average molecular weight is 262 g/mol. The average Bonchev–Trinajstić information content (AvgIpc) is 2.95. The Hall–Kier alpha value is -1.88. The third-order valence-corrected chi connectivity index (χ3v) is 3.32. The number of hydrogen-bond acceptors (Lipinski definition) is 4. The minimum atomic E-state index is -0.589. The number of benzene rings is 1. The first-order chi connectivity index (χ1) is 9.13. The van der Waals surface area contributed by atoms with E-state index in [1.807, 2.05) is 30.3 Å². The maximum atomic E-state index is 12.1. The molecule has 0 saturated heterocycles. The van der Waals surface area contributed by atoms with Crippen molar-refractivity contribution in [1.29, 1.82) is 0 Å². The first-order valence-electron chi connectivity index (χ1n) is 6.29. The van der Waals surface area contributed by atoms with E-state index in [4.69, 9.17) is 9.94 Å². The van der Waals surface area contributed by atoms with Crippen molar-refractivity contribution >= 4 is 11.6 Å². The van der Waals surface area contributed by atoms with Gasteiger partial charge in [-0.3, -0.25) is 4.79 Å². The molecule has 2 atom stereocenters. The summed E-state index contributed by atoms with van der Waals surface area (Å²) in [5.41, 5.74) is 1.75. The zero-order chi connectivity index (χ0) is 13.8. The number of carbonyl (C=O) groups is 1. The van der Waals surface area contributed by atoms with Crippen LogP contribution >= 0.6 is 0 Å². The predicted molar refractivity (Wildman–Crippen MR) is 71.8 cm³/mol. The number of amides is 1. The van der Waals surface area contributed by atoms with E-state index in [2.05, 4.69) is 5.16 Å². The monoisotopic (exact) mass is 262 g/mol. The summed E-state index contributed by atoms with van der Waals surface area (Å²) in [5.74, 6) is -0.156. The number of aliphatic hydroxyl groups is 1. The van der Waals surface area contributed by atoms with Gasteiger partial charge >= 0.3 is 0 Å². The second-order valence-electron chi connectivity index (χ2n) is 4.68. The van der Waals surface area contributed by atoms with Crippen LogP contribution in [-0.2, 0) is 9.63 Å². The van der Waals surface area contributed by atoms with E-state index in [1.54, 1.807) is 14.0 Å². The Labute approximate surface area is 112 Å². The van der Waals surface area contributed by atoms with Gasteiger partial charge in [-0.25, -0.2) is 0 Å². The normalized spacial score (nSPS) is 19.5. The van der Waals surface area contributed by atoms with Gasteiger partial charge in [-0.15, -0.1) is 0 Å². The fourth-order valence-electron chi connectivity index (χ4n) is 1.88. The molecule has 0 aromatic heterocycles. The molecule has 0 spiro atoms. The van der Waals surface area contributed by atoms with Gasteiger partial charge in [-0.05, 0) is 12.5 Å². The van der Waals surface area contributed by atoms with Crippen molar-refractivity contribution in [2.24, 2.45) is 5.16 Å². The molecule has 0 aliphatic carbocycles. The molecule has 0 fully saturated rings. The van der Waals surface area contributed by atoms with E-state index in [0.717, 1.165) is 11.3 Å². The number of oxime groups is 1. The molecule has 102 valence electrons. The summed E-state index contributed by atoms with van der Waals surface area (Å²) < 4.78 is 0. The zero-order valence-electron chi connectivity index (χ0n) is 11.1. The van der Waals surface area contributed by atoms with Crippen LogP contribution in [0.15, 0.2) is 35.5 Å². The van der Waals surface area contributed by atoms with Crippen molar-refractivity contribution in [2.75, 3.05) is 13.7 Å². The van der Waals surface area contributed by atoms with Crippen LogP contribution in [0.25, 0.3) is 0 Å². The van der Waals surface area contributed by atoms with E-state index in [1.165, 1.54) is 4.90 Å². The Morgan fingerprint density at radius 2 is 2.21 bits per heavy atom. The molecule has 0 saturated carbocycles. The summed E-state index contributed by atoms with van der Waals surface area (Å²) in [6, 6.07) is 9.43. The zero-order valence-corrected chi connectivity index (χ0v) is 11.1. The van der Waals surface area contributed by atoms with Crippen molar-refractivity contribution in [2.45, 2.75) is 25.5 Å². The maximum absolute atomic E-state index is 12.1. The Morgan fingerprint density at radius 1 is 1.53 bits per heavy atom. The first kappa shape index (κ1) is 13.5. The Balaban J connectivity index is 1.99. The summed E-state index contributed by atoms with van der Waals surface area (Å²) >= 11 is 0. The van der Waals surface area contributed by atoms with Crippen molar-refractivity contribution in [3.8, 4) is 0 Å². The van der Waals surface area contributed by atoms with Gasteiger partial charge in [-0.2, -0.15) is 0 Å². The molecule has 1 aromatic rings. The lowest BCUT2D eigenvalue weighted by Crippen LogP contribution is -2.43. The van der Waals surface area contributed by atoms with E-state index in [-0.39, 0.29) is 18.6 Å². The largest absolute Gasteiger partial charge is 0.394 e. The summed E-state index contributed by atoms with van der Waals surface area (Å²) in [7, 11) is 1.66. The molecule has 1 aliphatic rings. The summed E-state index contributed by atoms with van der Waals surface area (Å²) in [6.07, 6.45) is -0.125. The van der Waals surface area contributed by atoms with Gasteiger partial charge in [0.15, 0.2) is 0 Å². The number of aliphatic hydroxyl groups excluding tert-OH is 1. The molecule has 5 heteroatoms. The molecule has 19 heavy (non-hydrogen) atoms. The summed E-state index contributed by atoms with van der Waals surface area (Å²) in [6.45, 7) is 1.72. The molecule has 1 aromatic carbocycles. The molecule has 2 unspecified atom stereocenters. The molecule has 1 amide bonds. The van der Waals surface area contributed by atoms with Crippen molar-refractivity contribution in [3.63, 3.8) is 0 Å². The molecule has 1 N–H and O–H groups in total. The number of likely N-dealkylation sites (N-methyl/N-ethyl adjacent to an activating group) is 1. The molecule has 2 rings (SSSR count). The van der Waals surface area contributed by atoms with Crippen LogP contribution in [0, 0.1) is 0 Å². The molecule has 1 heterocycles. The third kappa shape index (κ3) is 2.93. The lowest BCUT2D eigenvalue weighted by molar-refractivity contribution is -0.143. The second kappa shape index (κ2) is 5.84. The van der Waals surface area contributed by atoms with Crippen LogP contribution in [0.2, 0.25) is 0 Å². The van der Waals surface area contributed by atoms with Gasteiger partial charge in [0.2, 0.25) is 6.10 Å². The first-order valence-corrected chi connectivity index (χ1v) is 6.29. The van der Waals surface area contributed by atoms with Gasteiger partial charge in [-0.1, -0.05) is 35.5 Å². The van der Waals surface area contributed by atoms with E-state index in [0.29, 0.717) is 6.42 Å². The molecule has 1 aliphatic heterocycles. The molecular weight excluding hydrogens is 244 g/mol. The number of carbonyl (C=O) groups excluding carboxylic acids is 1. The Kier molecular flexibility index (Phi) is 4.16. The minimum Gasteiger partial charge on any atom is -0.394 e.